The molecule has 2 heterocycles. The lowest BCUT2D eigenvalue weighted by Gasteiger charge is -2.18. The molecule has 0 bridgehead atoms. The third-order valence-corrected chi connectivity index (χ3v) is 1.97. The van der Waals surface area contributed by atoms with Gasteiger partial charge < -0.3 is 10.1 Å². The van der Waals surface area contributed by atoms with Crippen molar-refractivity contribution in [1.82, 2.24) is 10.3 Å². The van der Waals surface area contributed by atoms with Gasteiger partial charge in [0.2, 0.25) is 0 Å². The SMILES string of the molecule is C(#CC1CNCCO1)c1cccnc1.Cl. The van der Waals surface area contributed by atoms with Gasteiger partial charge in [0.25, 0.3) is 0 Å². The van der Waals surface area contributed by atoms with Crippen LogP contribution >= 0.6 is 12.4 Å². The minimum absolute atomic E-state index is 0. The molecular weight excluding hydrogens is 212 g/mol. The molecule has 1 aromatic rings. The first-order chi connectivity index (χ1) is 6.95. The van der Waals surface area contributed by atoms with Crippen LogP contribution in [0.4, 0.5) is 0 Å². The molecule has 1 unspecified atom stereocenters. The van der Waals surface area contributed by atoms with Crippen LogP contribution in [0.15, 0.2) is 24.5 Å². The molecule has 0 spiro atoms. The van der Waals surface area contributed by atoms with Crippen LogP contribution in [0.1, 0.15) is 5.56 Å². The van der Waals surface area contributed by atoms with Gasteiger partial charge in [0.1, 0.15) is 6.10 Å². The molecule has 1 atom stereocenters. The average Bonchev–Trinajstić information content (AvgIpc) is 2.29. The molecule has 0 aliphatic carbocycles. The Bertz CT molecular complexity index is 339. The van der Waals surface area contributed by atoms with Crippen LogP contribution < -0.4 is 5.32 Å². The summed E-state index contributed by atoms with van der Waals surface area (Å²) in [6, 6.07) is 3.82. The largest absolute Gasteiger partial charge is 0.363 e. The predicted octanol–water partition coefficient (Wildman–Crippen LogP) is 0.843. The second-order valence-corrected chi connectivity index (χ2v) is 3.07. The van der Waals surface area contributed by atoms with Gasteiger partial charge in [0, 0.05) is 31.0 Å². The number of nitrogens with one attached hydrogen (secondary N) is 1. The van der Waals surface area contributed by atoms with E-state index in [1.54, 1.807) is 12.4 Å². The van der Waals surface area contributed by atoms with Crippen LogP contribution in [-0.4, -0.2) is 30.8 Å². The van der Waals surface area contributed by atoms with E-state index in [1.165, 1.54) is 0 Å². The first-order valence-corrected chi connectivity index (χ1v) is 4.69. The molecule has 1 aromatic heterocycles. The lowest BCUT2D eigenvalue weighted by atomic mass is 10.2. The highest BCUT2D eigenvalue weighted by Crippen LogP contribution is 1.96. The summed E-state index contributed by atoms with van der Waals surface area (Å²) in [5, 5.41) is 3.23. The Morgan fingerprint density at radius 3 is 3.13 bits per heavy atom. The first-order valence-electron chi connectivity index (χ1n) is 4.69. The normalized spacial score (nSPS) is 19.6. The summed E-state index contributed by atoms with van der Waals surface area (Å²) in [5.74, 6) is 6.10. The minimum Gasteiger partial charge on any atom is -0.363 e. The molecule has 3 nitrogen and oxygen atoms in total. The maximum atomic E-state index is 5.44. The van der Waals surface area contributed by atoms with Crippen molar-refractivity contribution in [3.05, 3.63) is 30.1 Å². The van der Waals surface area contributed by atoms with Gasteiger partial charge in [-0.15, -0.1) is 12.4 Å². The standard InChI is InChI=1S/C11H12N2O.ClH/c1-2-10(8-12-5-1)3-4-11-9-13-6-7-14-11;/h1-2,5,8,11,13H,6-7,9H2;1H. The number of rotatable bonds is 0. The fourth-order valence-corrected chi connectivity index (χ4v) is 1.26. The zero-order chi connectivity index (χ0) is 9.64. The van der Waals surface area contributed by atoms with Gasteiger partial charge in [-0.3, -0.25) is 4.98 Å². The van der Waals surface area contributed by atoms with Crippen molar-refractivity contribution < 1.29 is 4.74 Å². The van der Waals surface area contributed by atoms with Gasteiger partial charge in [-0.05, 0) is 12.1 Å². The van der Waals surface area contributed by atoms with Crippen LogP contribution in [-0.2, 0) is 4.74 Å². The summed E-state index contributed by atoms with van der Waals surface area (Å²) in [5.41, 5.74) is 0.932. The maximum absolute atomic E-state index is 5.44. The maximum Gasteiger partial charge on any atom is 0.131 e. The van der Waals surface area contributed by atoms with E-state index >= 15 is 0 Å². The van der Waals surface area contributed by atoms with E-state index in [0.717, 1.165) is 25.3 Å². The highest BCUT2D eigenvalue weighted by atomic mass is 35.5. The van der Waals surface area contributed by atoms with E-state index in [1.807, 2.05) is 12.1 Å². The van der Waals surface area contributed by atoms with Crippen LogP contribution in [0.25, 0.3) is 0 Å². The van der Waals surface area contributed by atoms with E-state index in [2.05, 4.69) is 22.1 Å². The van der Waals surface area contributed by atoms with Crippen LogP contribution in [0.5, 0.6) is 0 Å². The molecule has 1 aliphatic heterocycles. The molecule has 1 saturated heterocycles. The Balaban J connectivity index is 0.00000112. The Morgan fingerprint density at radius 1 is 1.53 bits per heavy atom. The highest BCUT2D eigenvalue weighted by molar-refractivity contribution is 5.85. The number of hydrogen-bond donors (Lipinski definition) is 1. The number of pyridine rings is 1. The second kappa shape index (κ2) is 6.41. The topological polar surface area (TPSA) is 34.1 Å². The highest BCUT2D eigenvalue weighted by Gasteiger charge is 2.08. The van der Waals surface area contributed by atoms with Gasteiger partial charge in [0.15, 0.2) is 0 Å². The average molecular weight is 225 g/mol. The fourth-order valence-electron chi connectivity index (χ4n) is 1.26. The number of hydrogen-bond acceptors (Lipinski definition) is 3. The van der Waals surface area contributed by atoms with E-state index in [-0.39, 0.29) is 18.5 Å². The molecule has 2 rings (SSSR count). The molecule has 0 radical (unpaired) electrons. The van der Waals surface area contributed by atoms with Crippen molar-refractivity contribution in [3.63, 3.8) is 0 Å². The van der Waals surface area contributed by atoms with Crippen LogP contribution in [0.3, 0.4) is 0 Å². The van der Waals surface area contributed by atoms with Crippen LogP contribution in [0.2, 0.25) is 0 Å². The third-order valence-electron chi connectivity index (χ3n) is 1.97. The summed E-state index contributed by atoms with van der Waals surface area (Å²) in [7, 11) is 0. The lowest BCUT2D eigenvalue weighted by Crippen LogP contribution is -2.37. The number of halogens is 1. The molecule has 1 N–H and O–H groups in total. The summed E-state index contributed by atoms with van der Waals surface area (Å²) in [4.78, 5) is 3.99. The van der Waals surface area contributed by atoms with Gasteiger partial charge in [-0.25, -0.2) is 0 Å². The Morgan fingerprint density at radius 2 is 2.47 bits per heavy atom. The molecule has 80 valence electrons. The Kier molecular flexibility index (Phi) is 5.13. The van der Waals surface area contributed by atoms with Gasteiger partial charge >= 0.3 is 0 Å². The molecule has 15 heavy (non-hydrogen) atoms. The minimum atomic E-state index is 0. The molecule has 0 saturated carbocycles. The van der Waals surface area contributed by atoms with Gasteiger partial charge in [0.05, 0.1) is 6.61 Å². The van der Waals surface area contributed by atoms with Crippen molar-refractivity contribution in [2.24, 2.45) is 0 Å². The number of aromatic nitrogens is 1. The second-order valence-electron chi connectivity index (χ2n) is 3.07. The predicted molar refractivity (Wildman–Crippen MR) is 61.0 cm³/mol. The van der Waals surface area contributed by atoms with E-state index in [9.17, 15) is 0 Å². The lowest BCUT2D eigenvalue weighted by molar-refractivity contribution is 0.0651. The molecular formula is C11H13ClN2O. The summed E-state index contributed by atoms with van der Waals surface area (Å²) < 4.78 is 5.44. The van der Waals surface area contributed by atoms with Gasteiger partial charge in [-0.2, -0.15) is 0 Å². The number of morpholine rings is 1. The first kappa shape index (κ1) is 12.0. The van der Waals surface area contributed by atoms with Crippen molar-refractivity contribution in [3.8, 4) is 11.8 Å². The summed E-state index contributed by atoms with van der Waals surface area (Å²) >= 11 is 0. The van der Waals surface area contributed by atoms with Crippen molar-refractivity contribution in [2.45, 2.75) is 6.10 Å². The molecule has 0 aromatic carbocycles. The zero-order valence-electron chi connectivity index (χ0n) is 8.27. The third kappa shape index (κ3) is 3.88. The smallest absolute Gasteiger partial charge is 0.131 e. The number of nitrogens with zero attached hydrogens (tertiary/aromatic N) is 1. The van der Waals surface area contributed by atoms with E-state index < -0.39 is 0 Å². The van der Waals surface area contributed by atoms with Gasteiger partial charge in [-0.1, -0.05) is 11.8 Å². The number of ether oxygens (including phenoxy) is 1. The van der Waals surface area contributed by atoms with Crippen molar-refractivity contribution in [2.75, 3.05) is 19.7 Å². The van der Waals surface area contributed by atoms with E-state index in [0.29, 0.717) is 0 Å². The summed E-state index contributed by atoms with van der Waals surface area (Å²) in [6.45, 7) is 2.48. The molecule has 4 heteroatoms. The molecule has 0 amide bonds. The Hall–Kier alpha value is -1.08. The monoisotopic (exact) mass is 224 g/mol. The zero-order valence-corrected chi connectivity index (χ0v) is 9.09. The quantitative estimate of drug-likeness (QED) is 0.664. The fraction of sp³-hybridized carbons (Fsp3) is 0.364. The Labute approximate surface area is 95.7 Å². The van der Waals surface area contributed by atoms with Crippen molar-refractivity contribution >= 4 is 12.4 Å². The molecule has 1 fully saturated rings. The van der Waals surface area contributed by atoms with Crippen molar-refractivity contribution in [1.29, 1.82) is 0 Å². The summed E-state index contributed by atoms with van der Waals surface area (Å²) in [6.07, 6.45) is 3.51. The molecule has 1 aliphatic rings. The van der Waals surface area contributed by atoms with E-state index in [4.69, 9.17) is 4.74 Å². The van der Waals surface area contributed by atoms with Crippen LogP contribution in [0, 0.1) is 11.8 Å².